The first kappa shape index (κ1) is 23.6. The second-order valence-electron chi connectivity index (χ2n) is 7.44. The molecule has 1 aliphatic rings. The van der Waals surface area contributed by atoms with Crippen LogP contribution in [-0.4, -0.2) is 45.9 Å². The van der Waals surface area contributed by atoms with E-state index in [4.69, 9.17) is 0 Å². The van der Waals surface area contributed by atoms with Gasteiger partial charge in [0.05, 0.1) is 26.2 Å². The fourth-order valence-electron chi connectivity index (χ4n) is 3.25. The van der Waals surface area contributed by atoms with Gasteiger partial charge in [0.2, 0.25) is 0 Å². The van der Waals surface area contributed by atoms with Crippen molar-refractivity contribution < 1.29 is 49.6 Å². The van der Waals surface area contributed by atoms with E-state index in [1.54, 1.807) is 13.8 Å². The minimum absolute atomic E-state index is 0.126. The highest BCUT2D eigenvalue weighted by molar-refractivity contribution is 7.88. The van der Waals surface area contributed by atoms with Gasteiger partial charge in [-0.3, -0.25) is 9.59 Å². The normalized spacial score (nSPS) is 15.9. The number of methoxy groups -OCH3 is 2. The molecule has 0 unspecified atom stereocenters. The molecule has 0 heterocycles. The second-order valence-corrected chi connectivity index (χ2v) is 8.98. The van der Waals surface area contributed by atoms with Crippen molar-refractivity contribution in [3.63, 3.8) is 0 Å². The lowest BCUT2D eigenvalue weighted by Crippen LogP contribution is -2.32. The monoisotopic (exact) mass is 452 g/mol. The van der Waals surface area contributed by atoms with Crippen LogP contribution < -0.4 is 4.18 Å². The average Bonchev–Trinajstić information content (AvgIpc) is 2.58. The van der Waals surface area contributed by atoms with Crippen molar-refractivity contribution in [2.24, 2.45) is 5.41 Å². The summed E-state index contributed by atoms with van der Waals surface area (Å²) >= 11 is 0. The summed E-state index contributed by atoms with van der Waals surface area (Å²) in [5.41, 5.74) is -7.68. The zero-order chi connectivity index (χ0) is 23.1. The molecule has 0 radical (unpaired) electrons. The number of ether oxygens (including phenoxy) is 2. The molecule has 0 N–H and O–H groups in total. The highest BCUT2D eigenvalue weighted by Gasteiger charge is 2.50. The maximum atomic E-state index is 13.0. The molecule has 8 nitrogen and oxygen atoms in total. The van der Waals surface area contributed by atoms with Crippen LogP contribution in [0.3, 0.4) is 0 Å². The summed E-state index contributed by atoms with van der Waals surface area (Å²) in [5.74, 6) is -3.94. The number of benzene rings is 1. The van der Waals surface area contributed by atoms with Gasteiger partial charge >= 0.3 is 27.6 Å². The van der Waals surface area contributed by atoms with E-state index in [9.17, 15) is 36.0 Å². The number of carbonyl (C=O) groups excluding carboxylic acids is 3. The number of rotatable bonds is 5. The SMILES string of the molecule is COC(=O)Cc1cc2c(c(OS(=O)(=O)C(F)(F)F)c1C(=O)OC)C(=O)CC(C)(C)C2. The molecule has 0 atom stereocenters. The molecule has 166 valence electrons. The lowest BCUT2D eigenvalue weighted by Gasteiger charge is -2.32. The quantitative estimate of drug-likeness (QED) is 0.381. The Labute approximate surface area is 170 Å². The number of esters is 2. The zero-order valence-electron chi connectivity index (χ0n) is 16.5. The lowest BCUT2D eigenvalue weighted by atomic mass is 9.72. The predicted molar refractivity (Wildman–Crippen MR) is 95.5 cm³/mol. The fraction of sp³-hybridized carbons (Fsp3) is 0.500. The lowest BCUT2D eigenvalue weighted by molar-refractivity contribution is -0.139. The van der Waals surface area contributed by atoms with Gasteiger partial charge in [-0.2, -0.15) is 21.6 Å². The van der Waals surface area contributed by atoms with Crippen molar-refractivity contribution in [3.8, 4) is 5.75 Å². The van der Waals surface area contributed by atoms with Gasteiger partial charge in [0.25, 0.3) is 0 Å². The molecule has 0 aromatic heterocycles. The molecule has 1 aromatic rings. The van der Waals surface area contributed by atoms with Gasteiger partial charge in [0.1, 0.15) is 5.56 Å². The van der Waals surface area contributed by atoms with Crippen LogP contribution in [0.4, 0.5) is 13.2 Å². The Morgan fingerprint density at radius 1 is 1.13 bits per heavy atom. The molecule has 0 amide bonds. The average molecular weight is 452 g/mol. The van der Waals surface area contributed by atoms with E-state index in [-0.39, 0.29) is 24.0 Å². The summed E-state index contributed by atoms with van der Waals surface area (Å²) in [5, 5.41) is 0. The molecule has 2 rings (SSSR count). The van der Waals surface area contributed by atoms with E-state index in [2.05, 4.69) is 13.7 Å². The van der Waals surface area contributed by atoms with Crippen molar-refractivity contribution in [2.45, 2.75) is 38.6 Å². The summed E-state index contributed by atoms with van der Waals surface area (Å²) in [6.45, 7) is 3.46. The Morgan fingerprint density at radius 3 is 2.23 bits per heavy atom. The first-order valence-electron chi connectivity index (χ1n) is 8.51. The number of Topliss-reactive ketones (excluding diaryl/α,β-unsaturated/α-hetero) is 1. The first-order chi connectivity index (χ1) is 13.6. The van der Waals surface area contributed by atoms with Crippen LogP contribution in [0.1, 0.15) is 52.1 Å². The zero-order valence-corrected chi connectivity index (χ0v) is 17.3. The minimum atomic E-state index is -6.23. The van der Waals surface area contributed by atoms with E-state index in [1.807, 2.05) is 0 Å². The van der Waals surface area contributed by atoms with E-state index >= 15 is 0 Å². The van der Waals surface area contributed by atoms with Gasteiger partial charge in [-0.05, 0) is 23.0 Å². The van der Waals surface area contributed by atoms with Crippen molar-refractivity contribution in [1.29, 1.82) is 0 Å². The molecule has 0 fully saturated rings. The molecule has 0 saturated carbocycles. The number of carbonyl (C=O) groups is 3. The van der Waals surface area contributed by atoms with Gasteiger partial charge in [-0.25, -0.2) is 4.79 Å². The number of hydrogen-bond donors (Lipinski definition) is 0. The van der Waals surface area contributed by atoms with Crippen molar-refractivity contribution in [1.82, 2.24) is 0 Å². The summed E-state index contributed by atoms with van der Waals surface area (Å²) in [4.78, 5) is 36.8. The maximum Gasteiger partial charge on any atom is 0.534 e. The molecule has 1 aromatic carbocycles. The topological polar surface area (TPSA) is 113 Å². The standard InChI is InChI=1S/C18H19F3O8S/c1-17(2)7-10-5-9(6-12(23)27-3)14(16(24)28-4)15(13(10)11(22)8-17)29-30(25,26)18(19,20)21/h5H,6-8H2,1-4H3. The van der Waals surface area contributed by atoms with Gasteiger partial charge in [0.15, 0.2) is 11.5 Å². The van der Waals surface area contributed by atoms with E-state index in [1.165, 1.54) is 6.07 Å². The third-order valence-corrected chi connectivity index (χ3v) is 5.41. The summed E-state index contributed by atoms with van der Waals surface area (Å²) in [6, 6.07) is 1.28. The smallest absolute Gasteiger partial charge is 0.469 e. The highest BCUT2D eigenvalue weighted by atomic mass is 32.2. The summed E-state index contributed by atoms with van der Waals surface area (Å²) in [6.07, 6.45) is -0.559. The Kier molecular flexibility index (Phi) is 6.22. The maximum absolute atomic E-state index is 13.0. The molecule has 1 aliphatic carbocycles. The second kappa shape index (κ2) is 7.89. The van der Waals surface area contributed by atoms with Crippen LogP contribution in [0.25, 0.3) is 0 Å². The van der Waals surface area contributed by atoms with Crippen LogP contribution in [0, 0.1) is 5.41 Å². The summed E-state index contributed by atoms with van der Waals surface area (Å²) < 4.78 is 75.6. The molecule has 0 spiro atoms. The van der Waals surface area contributed by atoms with E-state index < -0.39 is 62.1 Å². The fourth-order valence-corrected chi connectivity index (χ4v) is 3.73. The van der Waals surface area contributed by atoms with Gasteiger partial charge in [0, 0.05) is 6.42 Å². The van der Waals surface area contributed by atoms with Crippen molar-refractivity contribution in [2.75, 3.05) is 14.2 Å². The molecule has 0 aliphatic heterocycles. The van der Waals surface area contributed by atoms with Gasteiger partial charge in [-0.1, -0.05) is 19.9 Å². The van der Waals surface area contributed by atoms with Crippen LogP contribution in [0.5, 0.6) is 5.75 Å². The molecule has 0 bridgehead atoms. The minimum Gasteiger partial charge on any atom is -0.469 e. The van der Waals surface area contributed by atoms with Crippen LogP contribution in [0.15, 0.2) is 6.07 Å². The molecule has 30 heavy (non-hydrogen) atoms. The number of alkyl halides is 3. The molecular weight excluding hydrogens is 433 g/mol. The Balaban J connectivity index is 2.90. The predicted octanol–water partition coefficient (Wildman–Crippen LogP) is 2.57. The van der Waals surface area contributed by atoms with E-state index in [0.29, 0.717) is 0 Å². The van der Waals surface area contributed by atoms with Gasteiger partial charge in [-0.15, -0.1) is 0 Å². The number of halogens is 3. The largest absolute Gasteiger partial charge is 0.534 e. The number of hydrogen-bond acceptors (Lipinski definition) is 8. The number of fused-ring (bicyclic) bond motifs is 1. The third kappa shape index (κ3) is 4.58. The molecule has 0 saturated heterocycles. The Hall–Kier alpha value is -2.63. The molecule has 12 heteroatoms. The highest BCUT2D eigenvalue weighted by Crippen LogP contribution is 2.43. The van der Waals surface area contributed by atoms with Crippen LogP contribution in [-0.2, 0) is 37.2 Å². The van der Waals surface area contributed by atoms with Gasteiger partial charge < -0.3 is 13.7 Å². The van der Waals surface area contributed by atoms with Crippen LogP contribution >= 0.6 is 0 Å². The Morgan fingerprint density at radius 2 is 1.73 bits per heavy atom. The van der Waals surface area contributed by atoms with E-state index in [0.717, 1.165) is 14.2 Å². The first-order valence-corrected chi connectivity index (χ1v) is 9.92. The Bertz CT molecular complexity index is 1010. The summed E-state index contributed by atoms with van der Waals surface area (Å²) in [7, 11) is -4.28. The van der Waals surface area contributed by atoms with Crippen molar-refractivity contribution >= 4 is 27.8 Å². The van der Waals surface area contributed by atoms with Crippen molar-refractivity contribution in [3.05, 3.63) is 28.3 Å². The van der Waals surface area contributed by atoms with Crippen LogP contribution in [0.2, 0.25) is 0 Å². The number of ketones is 1. The third-order valence-electron chi connectivity index (χ3n) is 4.46. The molecular formula is C18H19F3O8S.